The normalized spacial score (nSPS) is 21.9. The topological polar surface area (TPSA) is 17.1 Å². The van der Waals surface area contributed by atoms with Crippen LogP contribution in [-0.2, 0) is 5.41 Å². The second kappa shape index (κ2) is 4.09. The average molecular weight is 236 g/mol. The molecule has 1 heteroatoms. The van der Waals surface area contributed by atoms with E-state index in [-0.39, 0.29) is 11.2 Å². The minimum Gasteiger partial charge on any atom is -0.294 e. The van der Waals surface area contributed by atoms with Crippen LogP contribution in [0.25, 0.3) is 0 Å². The summed E-state index contributed by atoms with van der Waals surface area (Å²) in [5.41, 5.74) is 3.24. The highest BCUT2D eigenvalue weighted by Crippen LogP contribution is 2.46. The number of rotatable bonds is 2. The number of ketones is 1. The van der Waals surface area contributed by atoms with E-state index < -0.39 is 0 Å². The minimum absolute atomic E-state index is 0.116. The van der Waals surface area contributed by atoms with Gasteiger partial charge in [0.2, 0.25) is 0 Å². The van der Waals surface area contributed by atoms with Crippen molar-refractivity contribution in [2.45, 2.75) is 25.2 Å². The summed E-state index contributed by atoms with van der Waals surface area (Å²) in [7, 11) is 0. The van der Waals surface area contributed by atoms with Crippen LogP contribution in [0.2, 0.25) is 0 Å². The Morgan fingerprint density at radius 3 is 2.39 bits per heavy atom. The Bertz CT molecular complexity index is 586. The van der Waals surface area contributed by atoms with Crippen LogP contribution >= 0.6 is 0 Å². The Balaban J connectivity index is 2.24. The monoisotopic (exact) mass is 236 g/mol. The maximum atomic E-state index is 12.2. The first-order valence-electron chi connectivity index (χ1n) is 6.46. The van der Waals surface area contributed by atoms with Crippen LogP contribution in [0.3, 0.4) is 0 Å². The van der Waals surface area contributed by atoms with E-state index in [1.807, 2.05) is 24.3 Å². The summed E-state index contributed by atoms with van der Waals surface area (Å²) < 4.78 is 0. The number of hydrogen-bond acceptors (Lipinski definition) is 1. The number of Topliss-reactive ketones (excluding diaryl/α,β-unsaturated/α-hetero) is 1. The lowest BCUT2D eigenvalue weighted by atomic mass is 9.73. The molecule has 0 radical (unpaired) electrons. The SMILES string of the molecule is CCC1(c2ccccc2)CC(=O)c2ccccc21. The predicted molar refractivity (Wildman–Crippen MR) is 72.9 cm³/mol. The van der Waals surface area contributed by atoms with Gasteiger partial charge in [0, 0.05) is 17.4 Å². The summed E-state index contributed by atoms with van der Waals surface area (Å²) >= 11 is 0. The van der Waals surface area contributed by atoms with Crippen molar-refractivity contribution in [1.29, 1.82) is 0 Å². The summed E-state index contributed by atoms with van der Waals surface area (Å²) in [6.07, 6.45) is 1.56. The molecule has 3 rings (SSSR count). The highest BCUT2D eigenvalue weighted by molar-refractivity contribution is 6.03. The van der Waals surface area contributed by atoms with E-state index in [0.29, 0.717) is 6.42 Å². The summed E-state index contributed by atoms with van der Waals surface area (Å²) in [5, 5.41) is 0. The molecule has 0 saturated carbocycles. The van der Waals surface area contributed by atoms with E-state index in [2.05, 4.69) is 37.3 Å². The third-order valence-corrected chi connectivity index (χ3v) is 4.14. The third-order valence-electron chi connectivity index (χ3n) is 4.14. The second-order valence-electron chi connectivity index (χ2n) is 4.95. The van der Waals surface area contributed by atoms with Crippen LogP contribution in [0.15, 0.2) is 54.6 Å². The van der Waals surface area contributed by atoms with E-state index in [9.17, 15) is 4.79 Å². The summed E-state index contributed by atoms with van der Waals surface area (Å²) in [5.74, 6) is 0.274. The fourth-order valence-electron chi connectivity index (χ4n) is 3.14. The molecular weight excluding hydrogens is 220 g/mol. The number of hydrogen-bond donors (Lipinski definition) is 0. The standard InChI is InChI=1S/C17H16O/c1-2-17(13-8-4-3-5-9-13)12-16(18)14-10-6-7-11-15(14)17/h3-11H,2,12H2,1H3. The fraction of sp³-hybridized carbons (Fsp3) is 0.235. The molecule has 1 unspecified atom stereocenters. The van der Waals surface area contributed by atoms with Gasteiger partial charge in [-0.3, -0.25) is 4.79 Å². The molecule has 0 heterocycles. The quantitative estimate of drug-likeness (QED) is 0.771. The van der Waals surface area contributed by atoms with Crippen LogP contribution < -0.4 is 0 Å². The van der Waals surface area contributed by atoms with Crippen LogP contribution in [0, 0.1) is 0 Å². The van der Waals surface area contributed by atoms with Crippen LogP contribution in [0.1, 0.15) is 41.3 Å². The largest absolute Gasteiger partial charge is 0.294 e. The fourth-order valence-corrected chi connectivity index (χ4v) is 3.14. The van der Waals surface area contributed by atoms with Crippen LogP contribution in [0.5, 0.6) is 0 Å². The van der Waals surface area contributed by atoms with Crippen molar-refractivity contribution < 1.29 is 4.79 Å². The van der Waals surface area contributed by atoms with Crippen LogP contribution in [0.4, 0.5) is 0 Å². The molecule has 0 aromatic heterocycles. The molecule has 0 bridgehead atoms. The van der Waals surface area contributed by atoms with Gasteiger partial charge in [0.1, 0.15) is 0 Å². The van der Waals surface area contributed by atoms with Gasteiger partial charge in [-0.15, -0.1) is 0 Å². The maximum absolute atomic E-state index is 12.2. The average Bonchev–Trinajstić information content (AvgIpc) is 2.74. The lowest BCUT2D eigenvalue weighted by molar-refractivity contribution is 0.0979. The Morgan fingerprint density at radius 2 is 1.67 bits per heavy atom. The number of carbonyl (C=O) groups is 1. The van der Waals surface area contributed by atoms with Gasteiger partial charge in [-0.1, -0.05) is 61.5 Å². The van der Waals surface area contributed by atoms with Crippen LogP contribution in [-0.4, -0.2) is 5.78 Å². The van der Waals surface area contributed by atoms with Crippen molar-refractivity contribution in [2.24, 2.45) is 0 Å². The Labute approximate surface area is 107 Å². The molecule has 1 nitrogen and oxygen atoms in total. The zero-order chi connectivity index (χ0) is 12.6. The molecule has 0 amide bonds. The molecule has 1 atom stereocenters. The van der Waals surface area contributed by atoms with Gasteiger partial charge in [0.15, 0.2) is 5.78 Å². The van der Waals surface area contributed by atoms with Crippen molar-refractivity contribution in [1.82, 2.24) is 0 Å². The molecule has 1 aliphatic rings. The number of benzene rings is 2. The molecule has 1 aliphatic carbocycles. The third kappa shape index (κ3) is 1.43. The molecule has 18 heavy (non-hydrogen) atoms. The first-order valence-corrected chi connectivity index (χ1v) is 6.46. The maximum Gasteiger partial charge on any atom is 0.164 e. The van der Waals surface area contributed by atoms with Gasteiger partial charge in [0.25, 0.3) is 0 Å². The summed E-state index contributed by atoms with van der Waals surface area (Å²) in [6.45, 7) is 2.17. The van der Waals surface area contributed by atoms with E-state index >= 15 is 0 Å². The molecular formula is C17H16O. The predicted octanol–water partition coefficient (Wildman–Crippen LogP) is 3.97. The van der Waals surface area contributed by atoms with Crippen molar-refractivity contribution in [3.63, 3.8) is 0 Å². The van der Waals surface area contributed by atoms with Gasteiger partial charge in [-0.25, -0.2) is 0 Å². The zero-order valence-corrected chi connectivity index (χ0v) is 10.5. The van der Waals surface area contributed by atoms with Gasteiger partial charge < -0.3 is 0 Å². The van der Waals surface area contributed by atoms with Gasteiger partial charge in [0.05, 0.1) is 0 Å². The molecule has 0 saturated heterocycles. The molecule has 0 aliphatic heterocycles. The van der Waals surface area contributed by atoms with Crippen molar-refractivity contribution in [3.8, 4) is 0 Å². The lowest BCUT2D eigenvalue weighted by Gasteiger charge is -2.29. The Morgan fingerprint density at radius 1 is 1.00 bits per heavy atom. The van der Waals surface area contributed by atoms with E-state index in [0.717, 1.165) is 12.0 Å². The van der Waals surface area contributed by atoms with E-state index in [1.165, 1.54) is 11.1 Å². The lowest BCUT2D eigenvalue weighted by Crippen LogP contribution is -2.24. The van der Waals surface area contributed by atoms with Gasteiger partial charge in [-0.2, -0.15) is 0 Å². The number of fused-ring (bicyclic) bond motifs is 1. The highest BCUT2D eigenvalue weighted by atomic mass is 16.1. The highest BCUT2D eigenvalue weighted by Gasteiger charge is 2.42. The molecule has 2 aromatic rings. The van der Waals surface area contributed by atoms with Crippen molar-refractivity contribution >= 4 is 5.78 Å². The number of carbonyl (C=O) groups excluding carboxylic acids is 1. The van der Waals surface area contributed by atoms with E-state index in [1.54, 1.807) is 0 Å². The zero-order valence-electron chi connectivity index (χ0n) is 10.5. The Kier molecular flexibility index (Phi) is 2.55. The second-order valence-corrected chi connectivity index (χ2v) is 4.95. The Hall–Kier alpha value is -1.89. The van der Waals surface area contributed by atoms with Gasteiger partial charge in [-0.05, 0) is 17.5 Å². The molecule has 90 valence electrons. The molecule has 2 aromatic carbocycles. The van der Waals surface area contributed by atoms with Crippen molar-refractivity contribution in [3.05, 3.63) is 71.3 Å². The first-order chi connectivity index (χ1) is 8.78. The van der Waals surface area contributed by atoms with Gasteiger partial charge >= 0.3 is 0 Å². The minimum atomic E-state index is -0.116. The molecule has 0 N–H and O–H groups in total. The molecule has 0 spiro atoms. The van der Waals surface area contributed by atoms with E-state index in [4.69, 9.17) is 0 Å². The first kappa shape index (κ1) is 11.2. The molecule has 0 fully saturated rings. The van der Waals surface area contributed by atoms with Crippen molar-refractivity contribution in [2.75, 3.05) is 0 Å². The summed E-state index contributed by atoms with van der Waals surface area (Å²) in [6, 6.07) is 18.5. The smallest absolute Gasteiger partial charge is 0.164 e. The summed E-state index contributed by atoms with van der Waals surface area (Å²) in [4.78, 5) is 12.2.